The van der Waals surface area contributed by atoms with Crippen molar-refractivity contribution in [3.63, 3.8) is 0 Å². The number of hydrogen-bond acceptors (Lipinski definition) is 3. The minimum absolute atomic E-state index is 0.306. The zero-order chi connectivity index (χ0) is 15.5. The second-order valence-corrected chi connectivity index (χ2v) is 7.74. The Morgan fingerprint density at radius 3 is 2.19 bits per heavy atom. The molecule has 2 aliphatic carbocycles. The molecule has 0 bridgehead atoms. The molecular weight excluding hydrogens is 264 g/mol. The summed E-state index contributed by atoms with van der Waals surface area (Å²) in [6.07, 6.45) is 7.46. The largest absolute Gasteiger partial charge is 0.444 e. The summed E-state index contributed by atoms with van der Waals surface area (Å²) in [7, 11) is 0. The van der Waals surface area contributed by atoms with E-state index in [9.17, 15) is 4.79 Å². The van der Waals surface area contributed by atoms with Crippen molar-refractivity contribution in [3.05, 3.63) is 0 Å². The average Bonchev–Trinajstić information content (AvgIpc) is 3.24. The summed E-state index contributed by atoms with van der Waals surface area (Å²) in [5.41, 5.74) is -0.428. The van der Waals surface area contributed by atoms with E-state index in [1.165, 1.54) is 25.7 Å². The normalized spacial score (nSPS) is 20.4. The fraction of sp³-hybridized carbons (Fsp3) is 0.941. The standard InChI is InChI=1S/C17H32N2O2/c1-5-6-14(11-18-16(20)21-17(2,3)4)19-15(12-7-8-12)13-9-10-13/h12-15,19H,5-11H2,1-4H3,(H,18,20). The molecule has 2 saturated carbocycles. The van der Waals surface area contributed by atoms with Crippen molar-refractivity contribution in [3.8, 4) is 0 Å². The van der Waals surface area contributed by atoms with Gasteiger partial charge < -0.3 is 15.4 Å². The summed E-state index contributed by atoms with van der Waals surface area (Å²) < 4.78 is 5.31. The summed E-state index contributed by atoms with van der Waals surface area (Å²) in [6, 6.07) is 1.05. The van der Waals surface area contributed by atoms with E-state index < -0.39 is 5.60 Å². The van der Waals surface area contributed by atoms with Gasteiger partial charge in [0, 0.05) is 18.6 Å². The average molecular weight is 296 g/mol. The molecule has 1 unspecified atom stereocenters. The van der Waals surface area contributed by atoms with Crippen LogP contribution in [0.1, 0.15) is 66.2 Å². The molecule has 0 saturated heterocycles. The van der Waals surface area contributed by atoms with Gasteiger partial charge in [-0.15, -0.1) is 0 Å². The number of rotatable bonds is 8. The lowest BCUT2D eigenvalue weighted by Crippen LogP contribution is -2.48. The molecule has 122 valence electrons. The molecule has 1 amide bonds. The number of amides is 1. The molecule has 0 aromatic rings. The first kappa shape index (κ1) is 16.6. The highest BCUT2D eigenvalue weighted by Gasteiger charge is 2.42. The number of nitrogens with one attached hydrogen (secondary N) is 2. The van der Waals surface area contributed by atoms with Crippen LogP contribution in [0.4, 0.5) is 4.79 Å². The Kier molecular flexibility index (Phi) is 5.53. The number of ether oxygens (including phenoxy) is 1. The molecule has 2 fully saturated rings. The fourth-order valence-corrected chi connectivity index (χ4v) is 2.95. The Morgan fingerprint density at radius 1 is 1.19 bits per heavy atom. The van der Waals surface area contributed by atoms with Crippen molar-refractivity contribution in [1.29, 1.82) is 0 Å². The van der Waals surface area contributed by atoms with Crippen molar-refractivity contribution < 1.29 is 9.53 Å². The molecule has 2 rings (SSSR count). The molecule has 1 atom stereocenters. The van der Waals surface area contributed by atoms with Crippen molar-refractivity contribution >= 4 is 6.09 Å². The van der Waals surface area contributed by atoms with Crippen LogP contribution < -0.4 is 10.6 Å². The summed E-state index contributed by atoms with van der Waals surface area (Å²) in [5, 5.41) is 6.75. The van der Waals surface area contributed by atoms with Crippen LogP contribution in [0.3, 0.4) is 0 Å². The molecule has 0 heterocycles. The maximum absolute atomic E-state index is 11.8. The van der Waals surface area contributed by atoms with E-state index in [0.717, 1.165) is 24.7 Å². The quantitative estimate of drug-likeness (QED) is 0.721. The van der Waals surface area contributed by atoms with Gasteiger partial charge in [0.15, 0.2) is 0 Å². The van der Waals surface area contributed by atoms with Crippen molar-refractivity contribution in [1.82, 2.24) is 10.6 Å². The van der Waals surface area contributed by atoms with E-state index in [1.54, 1.807) is 0 Å². The van der Waals surface area contributed by atoms with Gasteiger partial charge in [0.2, 0.25) is 0 Å². The van der Waals surface area contributed by atoms with Gasteiger partial charge in [-0.25, -0.2) is 4.79 Å². The predicted octanol–water partition coefficient (Wildman–Crippen LogP) is 3.46. The molecule has 0 spiro atoms. The molecule has 21 heavy (non-hydrogen) atoms. The molecule has 2 N–H and O–H groups in total. The van der Waals surface area contributed by atoms with Crippen molar-refractivity contribution in [2.75, 3.05) is 6.54 Å². The van der Waals surface area contributed by atoms with E-state index in [0.29, 0.717) is 18.6 Å². The Morgan fingerprint density at radius 2 is 1.76 bits per heavy atom. The second-order valence-electron chi connectivity index (χ2n) is 7.74. The Hall–Kier alpha value is -0.770. The van der Waals surface area contributed by atoms with Crippen LogP contribution in [-0.2, 0) is 4.74 Å². The topological polar surface area (TPSA) is 50.4 Å². The minimum atomic E-state index is -0.428. The van der Waals surface area contributed by atoms with Crippen LogP contribution >= 0.6 is 0 Å². The smallest absolute Gasteiger partial charge is 0.407 e. The molecule has 0 aromatic carbocycles. The zero-order valence-corrected chi connectivity index (χ0v) is 14.1. The van der Waals surface area contributed by atoms with Crippen LogP contribution in [0.15, 0.2) is 0 Å². The monoisotopic (exact) mass is 296 g/mol. The highest BCUT2D eigenvalue weighted by Crippen LogP contribution is 2.44. The van der Waals surface area contributed by atoms with Gasteiger partial charge in [-0.1, -0.05) is 13.3 Å². The van der Waals surface area contributed by atoms with Crippen molar-refractivity contribution in [2.24, 2.45) is 11.8 Å². The molecule has 0 radical (unpaired) electrons. The summed E-state index contributed by atoms with van der Waals surface area (Å²) in [6.45, 7) is 8.55. The predicted molar refractivity (Wildman–Crippen MR) is 85.3 cm³/mol. The second kappa shape index (κ2) is 6.99. The Balaban J connectivity index is 1.76. The van der Waals surface area contributed by atoms with Gasteiger partial charge in [0.25, 0.3) is 0 Å². The van der Waals surface area contributed by atoms with E-state index in [2.05, 4.69) is 17.6 Å². The lowest BCUT2D eigenvalue weighted by atomic mass is 10.0. The zero-order valence-electron chi connectivity index (χ0n) is 14.1. The van der Waals surface area contributed by atoms with Gasteiger partial charge in [0.1, 0.15) is 5.60 Å². The molecule has 0 aliphatic heterocycles. The van der Waals surface area contributed by atoms with E-state index >= 15 is 0 Å². The number of alkyl carbamates (subject to hydrolysis) is 1. The van der Waals surface area contributed by atoms with E-state index in [1.807, 2.05) is 20.8 Å². The van der Waals surface area contributed by atoms with Crippen LogP contribution in [0, 0.1) is 11.8 Å². The maximum Gasteiger partial charge on any atom is 0.407 e. The van der Waals surface area contributed by atoms with Crippen LogP contribution in [0.5, 0.6) is 0 Å². The third kappa shape index (κ3) is 6.25. The number of carbonyl (C=O) groups is 1. The summed E-state index contributed by atoms with van der Waals surface area (Å²) in [4.78, 5) is 11.8. The fourth-order valence-electron chi connectivity index (χ4n) is 2.95. The Bertz CT molecular complexity index is 331. The number of hydrogen-bond donors (Lipinski definition) is 2. The van der Waals surface area contributed by atoms with E-state index in [4.69, 9.17) is 4.74 Å². The third-order valence-corrected chi connectivity index (χ3v) is 4.22. The van der Waals surface area contributed by atoms with Gasteiger partial charge in [0.05, 0.1) is 0 Å². The van der Waals surface area contributed by atoms with Gasteiger partial charge >= 0.3 is 6.09 Å². The van der Waals surface area contributed by atoms with Gasteiger partial charge in [-0.05, 0) is 64.7 Å². The van der Waals surface area contributed by atoms with Gasteiger partial charge in [-0.3, -0.25) is 0 Å². The molecular formula is C17H32N2O2. The molecule has 4 heteroatoms. The Labute approximate surface area is 129 Å². The van der Waals surface area contributed by atoms with Crippen molar-refractivity contribution in [2.45, 2.75) is 83.9 Å². The summed E-state index contributed by atoms with van der Waals surface area (Å²) in [5.74, 6) is 1.77. The maximum atomic E-state index is 11.8. The summed E-state index contributed by atoms with van der Waals surface area (Å²) >= 11 is 0. The van der Waals surface area contributed by atoms with E-state index in [-0.39, 0.29) is 6.09 Å². The minimum Gasteiger partial charge on any atom is -0.444 e. The van der Waals surface area contributed by atoms with Gasteiger partial charge in [-0.2, -0.15) is 0 Å². The molecule has 0 aromatic heterocycles. The number of carbonyl (C=O) groups excluding carboxylic acids is 1. The van der Waals surface area contributed by atoms with Crippen LogP contribution in [0.2, 0.25) is 0 Å². The van der Waals surface area contributed by atoms with Crippen LogP contribution in [-0.4, -0.2) is 30.3 Å². The first-order chi connectivity index (χ1) is 9.89. The lowest BCUT2D eigenvalue weighted by molar-refractivity contribution is 0.0520. The first-order valence-corrected chi connectivity index (χ1v) is 8.62. The molecule has 4 nitrogen and oxygen atoms in total. The third-order valence-electron chi connectivity index (χ3n) is 4.22. The SMILES string of the molecule is CCCC(CNC(=O)OC(C)(C)C)NC(C1CC1)C1CC1. The van der Waals surface area contributed by atoms with Crippen LogP contribution in [0.25, 0.3) is 0 Å². The highest BCUT2D eigenvalue weighted by atomic mass is 16.6. The lowest BCUT2D eigenvalue weighted by Gasteiger charge is -2.27. The highest BCUT2D eigenvalue weighted by molar-refractivity contribution is 5.67. The molecule has 2 aliphatic rings. The first-order valence-electron chi connectivity index (χ1n) is 8.62.